The van der Waals surface area contributed by atoms with Crippen molar-refractivity contribution in [1.29, 1.82) is 0 Å². The molecule has 10 heteroatoms. The van der Waals surface area contributed by atoms with Crippen LogP contribution in [-0.2, 0) is 14.4 Å². The molecule has 3 N–H and O–H groups in total. The topological polar surface area (TPSA) is 98.7 Å². The van der Waals surface area contributed by atoms with E-state index >= 15 is 0 Å². The summed E-state index contributed by atoms with van der Waals surface area (Å²) in [7, 11) is 0. The first-order chi connectivity index (χ1) is 10.2. The van der Waals surface area contributed by atoms with E-state index in [0.717, 1.165) is 32.6 Å². The second kappa shape index (κ2) is 8.08. The number of rotatable bonds is 1. The largest absolute Gasteiger partial charge is 0.490 e. The van der Waals surface area contributed by atoms with Crippen LogP contribution in [0.5, 0.6) is 0 Å². The van der Waals surface area contributed by atoms with Crippen molar-refractivity contribution in [3.8, 4) is 0 Å². The Morgan fingerprint density at radius 3 is 2.41 bits per heavy atom. The minimum Gasteiger partial charge on any atom is -0.475 e. The molecule has 2 fully saturated rings. The quantitative estimate of drug-likeness (QED) is 0.574. The molecule has 7 nitrogen and oxygen atoms in total. The fourth-order valence-corrected chi connectivity index (χ4v) is 2.21. The lowest BCUT2D eigenvalue weighted by atomic mass is 10.0. The van der Waals surface area contributed by atoms with Crippen molar-refractivity contribution in [1.82, 2.24) is 15.5 Å². The number of nitrogens with one attached hydrogen (secondary N) is 2. The van der Waals surface area contributed by atoms with Gasteiger partial charge in [-0.15, -0.1) is 0 Å². The zero-order valence-corrected chi connectivity index (χ0v) is 11.8. The molecule has 2 rings (SSSR count). The molecule has 0 aromatic heterocycles. The summed E-state index contributed by atoms with van der Waals surface area (Å²) in [5.74, 6) is -3.01. The summed E-state index contributed by atoms with van der Waals surface area (Å²) < 4.78 is 31.7. The van der Waals surface area contributed by atoms with E-state index in [0.29, 0.717) is 12.8 Å². The van der Waals surface area contributed by atoms with Gasteiger partial charge in [-0.2, -0.15) is 13.2 Å². The Morgan fingerprint density at radius 1 is 1.23 bits per heavy atom. The van der Waals surface area contributed by atoms with Crippen LogP contribution in [0.15, 0.2) is 0 Å². The summed E-state index contributed by atoms with van der Waals surface area (Å²) in [5.41, 5.74) is 0. The van der Waals surface area contributed by atoms with Crippen LogP contribution in [0.2, 0.25) is 0 Å². The SMILES string of the molecule is O=C(O)C(F)(F)F.O=C1CCC(N2CCCNCC2)C(=O)N1. The van der Waals surface area contributed by atoms with E-state index in [9.17, 15) is 22.8 Å². The number of nitrogens with zero attached hydrogens (tertiary/aromatic N) is 1. The van der Waals surface area contributed by atoms with E-state index in [1.807, 2.05) is 0 Å². The predicted octanol–water partition coefficient (Wildman–Crippen LogP) is -0.280. The molecule has 2 heterocycles. The number of hydrogen-bond donors (Lipinski definition) is 3. The lowest BCUT2D eigenvalue weighted by Gasteiger charge is -2.31. The van der Waals surface area contributed by atoms with Crippen LogP contribution in [0.25, 0.3) is 0 Å². The van der Waals surface area contributed by atoms with Gasteiger partial charge in [0, 0.05) is 26.1 Å². The van der Waals surface area contributed by atoms with Crippen LogP contribution in [0, 0.1) is 0 Å². The predicted molar refractivity (Wildman–Crippen MR) is 68.9 cm³/mol. The minimum absolute atomic E-state index is 0.0948. The zero-order chi connectivity index (χ0) is 16.8. The Labute approximate surface area is 124 Å². The molecule has 0 radical (unpaired) electrons. The lowest BCUT2D eigenvalue weighted by molar-refractivity contribution is -0.192. The second-order valence-electron chi connectivity index (χ2n) is 4.91. The number of aliphatic carboxylic acids is 1. The summed E-state index contributed by atoms with van der Waals surface area (Å²) in [6.45, 7) is 3.78. The maximum absolute atomic E-state index is 11.6. The Balaban J connectivity index is 0.000000295. The lowest BCUT2D eigenvalue weighted by Crippen LogP contribution is -2.53. The number of amides is 2. The van der Waals surface area contributed by atoms with Crippen LogP contribution in [-0.4, -0.2) is 66.2 Å². The zero-order valence-electron chi connectivity index (χ0n) is 11.8. The highest BCUT2D eigenvalue weighted by Crippen LogP contribution is 2.13. The number of alkyl halides is 3. The maximum atomic E-state index is 11.6. The third-order valence-corrected chi connectivity index (χ3v) is 3.27. The first-order valence-corrected chi connectivity index (χ1v) is 6.80. The van der Waals surface area contributed by atoms with Crippen molar-refractivity contribution in [3.05, 3.63) is 0 Å². The maximum Gasteiger partial charge on any atom is 0.490 e. The van der Waals surface area contributed by atoms with Crippen molar-refractivity contribution >= 4 is 17.8 Å². The molecule has 0 aliphatic carbocycles. The molecule has 126 valence electrons. The molecule has 2 aliphatic rings. The number of carboxylic acid groups (broad SMARTS) is 1. The van der Waals surface area contributed by atoms with E-state index in [4.69, 9.17) is 9.90 Å². The van der Waals surface area contributed by atoms with Crippen LogP contribution < -0.4 is 10.6 Å². The number of carboxylic acids is 1. The number of piperidine rings is 1. The van der Waals surface area contributed by atoms with Crippen LogP contribution in [0.4, 0.5) is 13.2 Å². The van der Waals surface area contributed by atoms with Gasteiger partial charge in [0.05, 0.1) is 6.04 Å². The number of imide groups is 1. The molecule has 2 amide bonds. The molecule has 2 aliphatic heterocycles. The standard InChI is InChI=1S/C10H17N3O2.C2HF3O2/c14-9-3-2-8(10(15)12-9)13-6-1-4-11-5-7-13;3-2(4,5)1(6)7/h8,11H,1-7H2,(H,12,14,15);(H,6,7). The Kier molecular flexibility index (Phi) is 6.75. The fourth-order valence-electron chi connectivity index (χ4n) is 2.21. The van der Waals surface area contributed by atoms with E-state index in [-0.39, 0.29) is 17.9 Å². The van der Waals surface area contributed by atoms with Crippen molar-refractivity contribution < 1.29 is 32.7 Å². The summed E-state index contributed by atoms with van der Waals surface area (Å²) >= 11 is 0. The highest BCUT2D eigenvalue weighted by atomic mass is 19.4. The average Bonchev–Trinajstić information content (AvgIpc) is 2.67. The molecule has 22 heavy (non-hydrogen) atoms. The third-order valence-electron chi connectivity index (χ3n) is 3.27. The van der Waals surface area contributed by atoms with Crippen molar-refractivity contribution in [2.24, 2.45) is 0 Å². The van der Waals surface area contributed by atoms with E-state index < -0.39 is 12.1 Å². The molecular weight excluding hydrogens is 307 g/mol. The molecule has 0 aromatic rings. The van der Waals surface area contributed by atoms with Crippen LogP contribution in [0.3, 0.4) is 0 Å². The van der Waals surface area contributed by atoms with Gasteiger partial charge in [0.1, 0.15) is 0 Å². The van der Waals surface area contributed by atoms with Gasteiger partial charge in [-0.3, -0.25) is 19.8 Å². The molecule has 1 atom stereocenters. The molecule has 0 aromatic carbocycles. The van der Waals surface area contributed by atoms with Gasteiger partial charge < -0.3 is 10.4 Å². The van der Waals surface area contributed by atoms with Gasteiger partial charge in [0.25, 0.3) is 0 Å². The summed E-state index contributed by atoms with van der Waals surface area (Å²) in [4.78, 5) is 33.7. The Hall–Kier alpha value is -1.68. The number of carbonyl (C=O) groups is 3. The van der Waals surface area contributed by atoms with Crippen molar-refractivity contribution in [3.63, 3.8) is 0 Å². The Morgan fingerprint density at radius 2 is 1.86 bits per heavy atom. The van der Waals surface area contributed by atoms with Crippen LogP contribution >= 0.6 is 0 Å². The smallest absolute Gasteiger partial charge is 0.475 e. The first-order valence-electron chi connectivity index (χ1n) is 6.80. The highest BCUT2D eigenvalue weighted by Gasteiger charge is 2.38. The van der Waals surface area contributed by atoms with Gasteiger partial charge in [0.15, 0.2) is 0 Å². The van der Waals surface area contributed by atoms with Crippen molar-refractivity contribution in [2.45, 2.75) is 31.5 Å². The third kappa shape index (κ3) is 5.98. The minimum atomic E-state index is -5.08. The van der Waals surface area contributed by atoms with Gasteiger partial charge in [0.2, 0.25) is 11.8 Å². The monoisotopic (exact) mass is 325 g/mol. The molecule has 0 spiro atoms. The Bertz CT molecular complexity index is 420. The number of hydrogen-bond acceptors (Lipinski definition) is 5. The molecule has 1 unspecified atom stereocenters. The van der Waals surface area contributed by atoms with E-state index in [1.54, 1.807) is 0 Å². The molecule has 0 saturated carbocycles. The van der Waals surface area contributed by atoms with E-state index in [1.165, 1.54) is 0 Å². The fraction of sp³-hybridized carbons (Fsp3) is 0.750. The summed E-state index contributed by atoms with van der Waals surface area (Å²) in [5, 5.41) is 12.8. The molecular formula is C12H18F3N3O4. The van der Waals surface area contributed by atoms with Gasteiger partial charge in [-0.25, -0.2) is 4.79 Å². The summed E-state index contributed by atoms with van der Waals surface area (Å²) in [6, 6.07) is -0.0948. The van der Waals surface area contributed by atoms with Crippen molar-refractivity contribution in [2.75, 3.05) is 26.2 Å². The number of halogens is 3. The molecule has 2 saturated heterocycles. The van der Waals surface area contributed by atoms with E-state index in [2.05, 4.69) is 15.5 Å². The normalized spacial score (nSPS) is 23.9. The van der Waals surface area contributed by atoms with Gasteiger partial charge >= 0.3 is 12.1 Å². The average molecular weight is 325 g/mol. The highest BCUT2D eigenvalue weighted by molar-refractivity contribution is 6.00. The second-order valence-corrected chi connectivity index (χ2v) is 4.91. The first kappa shape index (κ1) is 18.4. The summed E-state index contributed by atoms with van der Waals surface area (Å²) in [6.07, 6.45) is -2.87. The van der Waals surface area contributed by atoms with Gasteiger partial charge in [-0.1, -0.05) is 0 Å². The molecule has 0 bridgehead atoms. The van der Waals surface area contributed by atoms with Crippen LogP contribution in [0.1, 0.15) is 19.3 Å². The number of carbonyl (C=O) groups excluding carboxylic acids is 2. The van der Waals surface area contributed by atoms with Gasteiger partial charge in [-0.05, 0) is 19.4 Å².